The molecule has 4 atom stereocenters. The third-order valence-corrected chi connectivity index (χ3v) is 6.18. The number of hydrogen-bond donors (Lipinski definition) is 0. The number of hydrogen-bond acceptors (Lipinski definition) is 5. The Balaban J connectivity index is 2.30. The molecule has 0 radical (unpaired) electrons. The van der Waals surface area contributed by atoms with Gasteiger partial charge in [0.1, 0.15) is 11.7 Å². The maximum absolute atomic E-state index is 12.9. The van der Waals surface area contributed by atoms with Crippen molar-refractivity contribution in [1.82, 2.24) is 0 Å². The van der Waals surface area contributed by atoms with E-state index in [-0.39, 0.29) is 54.6 Å². The molecule has 5 nitrogen and oxygen atoms in total. The maximum Gasteiger partial charge on any atom is 0.316 e. The number of fused-ring (bicyclic) bond motifs is 1. The van der Waals surface area contributed by atoms with Crippen molar-refractivity contribution >= 4 is 29.1 Å². The molecule has 0 aromatic rings. The van der Waals surface area contributed by atoms with Crippen molar-refractivity contribution in [1.29, 1.82) is 0 Å². The fourth-order valence-corrected chi connectivity index (χ4v) is 4.84. The number of carbonyl (C=O) groups excluding carboxylic acids is 3. The minimum absolute atomic E-state index is 0.0479. The van der Waals surface area contributed by atoms with E-state index in [1.54, 1.807) is 19.9 Å². The minimum Gasteiger partial charge on any atom is -0.465 e. The summed E-state index contributed by atoms with van der Waals surface area (Å²) in [5.41, 5.74) is 1.46. The highest BCUT2D eigenvalue weighted by Gasteiger charge is 2.45. The summed E-state index contributed by atoms with van der Waals surface area (Å²) in [6.07, 6.45) is 4.56. The average Bonchev–Trinajstić information content (AvgIpc) is 2.94. The Bertz CT molecular complexity index is 754. The molecule has 0 bridgehead atoms. The predicted molar refractivity (Wildman–Crippen MR) is 122 cm³/mol. The second-order valence-electron chi connectivity index (χ2n) is 9.75. The Labute approximate surface area is 191 Å². The zero-order chi connectivity index (χ0) is 23.3. The first-order valence-electron chi connectivity index (χ1n) is 11.4. The molecule has 0 saturated heterocycles. The molecule has 0 aliphatic heterocycles. The van der Waals surface area contributed by atoms with Crippen LogP contribution in [0.1, 0.15) is 80.1 Å². The average molecular weight is 453 g/mol. The van der Waals surface area contributed by atoms with E-state index in [4.69, 9.17) is 21.1 Å². The van der Waals surface area contributed by atoms with Crippen LogP contribution in [-0.2, 0) is 23.9 Å². The fourth-order valence-electron chi connectivity index (χ4n) is 4.73. The lowest BCUT2D eigenvalue weighted by Gasteiger charge is -2.33. The van der Waals surface area contributed by atoms with Crippen LogP contribution in [0.4, 0.5) is 0 Å². The third-order valence-electron chi connectivity index (χ3n) is 6.03. The molecular weight excluding hydrogens is 416 g/mol. The highest BCUT2D eigenvalue weighted by Crippen LogP contribution is 2.47. The highest BCUT2D eigenvalue weighted by molar-refractivity contribution is 6.29. The number of ether oxygens (including phenoxy) is 2. The Hall–Kier alpha value is -1.46. The zero-order valence-electron chi connectivity index (χ0n) is 19.8. The van der Waals surface area contributed by atoms with Gasteiger partial charge < -0.3 is 9.47 Å². The van der Waals surface area contributed by atoms with Gasteiger partial charge in [0.15, 0.2) is 5.78 Å². The number of rotatable bonds is 9. The van der Waals surface area contributed by atoms with Crippen molar-refractivity contribution in [3.05, 3.63) is 22.3 Å². The fraction of sp³-hybridized carbons (Fsp3) is 0.720. The van der Waals surface area contributed by atoms with Gasteiger partial charge in [-0.1, -0.05) is 30.2 Å². The third kappa shape index (κ3) is 7.01. The Morgan fingerprint density at radius 3 is 2.55 bits per heavy atom. The summed E-state index contributed by atoms with van der Waals surface area (Å²) in [7, 11) is 0. The second-order valence-corrected chi connectivity index (χ2v) is 10.3. The van der Waals surface area contributed by atoms with E-state index in [0.29, 0.717) is 23.4 Å². The van der Waals surface area contributed by atoms with Gasteiger partial charge in [0.2, 0.25) is 0 Å². The van der Waals surface area contributed by atoms with E-state index in [9.17, 15) is 14.4 Å². The zero-order valence-corrected chi connectivity index (χ0v) is 20.5. The van der Waals surface area contributed by atoms with Crippen molar-refractivity contribution in [2.75, 3.05) is 6.61 Å². The Morgan fingerprint density at radius 1 is 1.29 bits per heavy atom. The SMILES string of the molecule is CCOC(=O)C(CC1=C2CC(C)[C@H](OC(C)(C)C)C2CCC1=O)C(=O)CCC=C(C)Cl. The van der Waals surface area contributed by atoms with E-state index in [1.807, 2.05) is 20.8 Å². The van der Waals surface area contributed by atoms with Crippen molar-refractivity contribution in [2.24, 2.45) is 17.8 Å². The standard InChI is InChI=1S/C25H37ClO5/c1-7-30-24(29)20(21(27)10-8-9-16(3)26)14-19-18-13-15(2)23(31-25(4,5)6)17(18)11-12-22(19)28/h9,15,17,20,23H,7-8,10-14H2,1-6H3/t15?,17?,20?,23-/m0/s1. The van der Waals surface area contributed by atoms with Gasteiger partial charge in [-0.3, -0.25) is 14.4 Å². The monoisotopic (exact) mass is 452 g/mol. The molecule has 174 valence electrons. The molecule has 0 N–H and O–H groups in total. The minimum atomic E-state index is -0.952. The smallest absolute Gasteiger partial charge is 0.316 e. The molecule has 0 aromatic carbocycles. The molecular formula is C25H37ClO5. The molecule has 2 aliphatic rings. The van der Waals surface area contributed by atoms with Crippen LogP contribution in [0.3, 0.4) is 0 Å². The number of ketones is 2. The van der Waals surface area contributed by atoms with E-state index < -0.39 is 11.9 Å². The van der Waals surface area contributed by atoms with Crippen molar-refractivity contribution in [2.45, 2.75) is 91.8 Å². The summed E-state index contributed by atoms with van der Waals surface area (Å²) in [6, 6.07) is 0. The van der Waals surface area contributed by atoms with Gasteiger partial charge in [-0.2, -0.15) is 0 Å². The number of Topliss-reactive ketones (excluding diaryl/α,β-unsaturated/α-hetero) is 2. The first-order valence-corrected chi connectivity index (χ1v) is 11.8. The van der Waals surface area contributed by atoms with Crippen LogP contribution in [0, 0.1) is 17.8 Å². The van der Waals surface area contributed by atoms with E-state index in [2.05, 4.69) is 6.92 Å². The van der Waals surface area contributed by atoms with Crippen molar-refractivity contribution in [3.63, 3.8) is 0 Å². The van der Waals surface area contributed by atoms with Gasteiger partial charge in [0, 0.05) is 23.8 Å². The van der Waals surface area contributed by atoms with E-state index in [1.165, 1.54) is 0 Å². The normalized spacial score (nSPS) is 25.5. The van der Waals surface area contributed by atoms with Crippen LogP contribution in [0.2, 0.25) is 0 Å². The quantitative estimate of drug-likeness (QED) is 0.339. The van der Waals surface area contributed by atoms with E-state index in [0.717, 1.165) is 18.4 Å². The van der Waals surface area contributed by atoms with Gasteiger partial charge in [-0.15, -0.1) is 0 Å². The van der Waals surface area contributed by atoms with Crippen LogP contribution in [0.15, 0.2) is 22.3 Å². The van der Waals surface area contributed by atoms with Gasteiger partial charge in [-0.25, -0.2) is 0 Å². The molecule has 2 rings (SSSR count). The highest BCUT2D eigenvalue weighted by atomic mass is 35.5. The largest absolute Gasteiger partial charge is 0.465 e. The predicted octanol–water partition coefficient (Wildman–Crippen LogP) is 5.55. The molecule has 0 amide bonds. The number of carbonyl (C=O) groups is 3. The summed E-state index contributed by atoms with van der Waals surface area (Å²) in [5.74, 6) is -1.20. The summed E-state index contributed by atoms with van der Waals surface area (Å²) < 4.78 is 11.5. The van der Waals surface area contributed by atoms with Gasteiger partial charge in [0.05, 0.1) is 18.3 Å². The molecule has 31 heavy (non-hydrogen) atoms. The summed E-state index contributed by atoms with van der Waals surface area (Å²) >= 11 is 5.86. The number of esters is 1. The molecule has 1 fully saturated rings. The molecule has 0 aromatic heterocycles. The Kier molecular flexibility index (Phi) is 9.08. The number of halogens is 1. The maximum atomic E-state index is 12.9. The lowest BCUT2D eigenvalue weighted by molar-refractivity contribution is -0.151. The summed E-state index contributed by atoms with van der Waals surface area (Å²) in [5, 5.41) is 0.612. The molecule has 2 aliphatic carbocycles. The van der Waals surface area contributed by atoms with E-state index >= 15 is 0 Å². The van der Waals surface area contributed by atoms with Crippen LogP contribution in [-0.4, -0.2) is 35.8 Å². The first kappa shape index (κ1) is 25.8. The molecule has 1 saturated carbocycles. The lowest BCUT2D eigenvalue weighted by atomic mass is 9.78. The second kappa shape index (κ2) is 10.9. The van der Waals surface area contributed by atoms with Crippen molar-refractivity contribution < 1.29 is 23.9 Å². The molecule has 3 unspecified atom stereocenters. The van der Waals surface area contributed by atoms with Gasteiger partial charge >= 0.3 is 5.97 Å². The van der Waals surface area contributed by atoms with Crippen LogP contribution in [0.25, 0.3) is 0 Å². The van der Waals surface area contributed by atoms with Crippen LogP contribution in [0.5, 0.6) is 0 Å². The molecule has 6 heteroatoms. The first-order chi connectivity index (χ1) is 14.4. The van der Waals surface area contributed by atoms with Gasteiger partial charge in [0.25, 0.3) is 0 Å². The van der Waals surface area contributed by atoms with Crippen molar-refractivity contribution in [3.8, 4) is 0 Å². The molecule has 0 spiro atoms. The summed E-state index contributed by atoms with van der Waals surface area (Å²) in [6.45, 7) is 12.0. The number of allylic oxidation sites excluding steroid dienone is 3. The topological polar surface area (TPSA) is 69.7 Å². The Morgan fingerprint density at radius 2 is 1.97 bits per heavy atom. The lowest BCUT2D eigenvalue weighted by Crippen LogP contribution is -2.35. The molecule has 0 heterocycles. The van der Waals surface area contributed by atoms with Gasteiger partial charge in [-0.05, 0) is 71.8 Å². The van der Waals surface area contributed by atoms with Crippen LogP contribution >= 0.6 is 11.6 Å². The summed E-state index contributed by atoms with van der Waals surface area (Å²) in [4.78, 5) is 38.4. The van der Waals surface area contributed by atoms with Crippen LogP contribution < -0.4 is 0 Å².